The minimum absolute atomic E-state index is 0.100. The smallest absolute Gasteiger partial charge is 0.265 e. The van der Waals surface area contributed by atoms with Crippen molar-refractivity contribution in [1.29, 1.82) is 0 Å². The van der Waals surface area contributed by atoms with E-state index in [1.807, 2.05) is 49.4 Å². The molecule has 0 bridgehead atoms. The number of carbonyl (C=O) groups excluding carboxylic acids is 1. The van der Waals surface area contributed by atoms with Crippen LogP contribution in [0.3, 0.4) is 0 Å². The summed E-state index contributed by atoms with van der Waals surface area (Å²) in [5, 5.41) is 3.92. The molecule has 0 saturated heterocycles. The van der Waals surface area contributed by atoms with E-state index < -0.39 is 0 Å². The molecule has 2 aromatic carbocycles. The Balaban J connectivity index is 1.87. The molecule has 106 valence electrons. The van der Waals surface area contributed by atoms with Crippen molar-refractivity contribution in [3.05, 3.63) is 57.4 Å². The quantitative estimate of drug-likeness (QED) is 0.644. The Labute approximate surface area is 134 Å². The molecule has 1 aromatic heterocycles. The molecule has 0 radical (unpaired) electrons. The van der Waals surface area contributed by atoms with E-state index in [4.69, 9.17) is 5.73 Å². The molecule has 1 heterocycles. The number of amides is 1. The molecule has 0 fully saturated rings. The average Bonchev–Trinajstić information content (AvgIpc) is 2.86. The summed E-state index contributed by atoms with van der Waals surface area (Å²) in [6.07, 6.45) is 0. The number of rotatable bonds is 2. The van der Waals surface area contributed by atoms with Crippen LogP contribution in [0.15, 0.2) is 46.9 Å². The van der Waals surface area contributed by atoms with Crippen LogP contribution < -0.4 is 11.1 Å². The average molecular weight is 361 g/mol. The minimum Gasteiger partial charge on any atom is -0.399 e. The molecule has 21 heavy (non-hydrogen) atoms. The fraction of sp³-hybridized carbons (Fsp3) is 0.0625. The Kier molecular flexibility index (Phi) is 3.69. The van der Waals surface area contributed by atoms with Gasteiger partial charge in [-0.1, -0.05) is 15.9 Å². The van der Waals surface area contributed by atoms with E-state index in [1.54, 1.807) is 0 Å². The molecule has 3 N–H and O–H groups in total. The van der Waals surface area contributed by atoms with E-state index in [0.29, 0.717) is 10.6 Å². The number of hydrogen-bond donors (Lipinski definition) is 2. The number of benzene rings is 2. The molecular formula is C16H13BrN2OS. The number of fused-ring (bicyclic) bond motifs is 1. The summed E-state index contributed by atoms with van der Waals surface area (Å²) < 4.78 is 2.08. The third-order valence-corrected chi connectivity index (χ3v) is 5.18. The van der Waals surface area contributed by atoms with E-state index in [0.717, 1.165) is 25.8 Å². The Morgan fingerprint density at radius 2 is 2.00 bits per heavy atom. The van der Waals surface area contributed by atoms with Gasteiger partial charge < -0.3 is 11.1 Å². The molecule has 5 heteroatoms. The van der Waals surface area contributed by atoms with Crippen LogP contribution in [0, 0.1) is 6.92 Å². The normalized spacial score (nSPS) is 10.8. The van der Waals surface area contributed by atoms with Crippen LogP contribution in [-0.4, -0.2) is 5.91 Å². The number of anilines is 2. The lowest BCUT2D eigenvalue weighted by molar-refractivity contribution is 0.103. The van der Waals surface area contributed by atoms with Crippen LogP contribution in [0.1, 0.15) is 15.2 Å². The minimum atomic E-state index is -0.100. The van der Waals surface area contributed by atoms with Gasteiger partial charge in [0.05, 0.1) is 4.88 Å². The van der Waals surface area contributed by atoms with Crippen molar-refractivity contribution in [2.75, 3.05) is 11.1 Å². The van der Waals surface area contributed by atoms with E-state index in [9.17, 15) is 4.79 Å². The summed E-state index contributed by atoms with van der Waals surface area (Å²) in [4.78, 5) is 13.0. The number of hydrogen-bond acceptors (Lipinski definition) is 3. The number of nitrogens with two attached hydrogens (primary N) is 1. The lowest BCUT2D eigenvalue weighted by Gasteiger charge is -2.05. The zero-order valence-corrected chi connectivity index (χ0v) is 13.7. The lowest BCUT2D eigenvalue weighted by Crippen LogP contribution is -2.10. The second kappa shape index (κ2) is 5.50. The fourth-order valence-electron chi connectivity index (χ4n) is 2.09. The lowest BCUT2D eigenvalue weighted by atomic mass is 10.2. The maximum Gasteiger partial charge on any atom is 0.265 e. The van der Waals surface area contributed by atoms with Gasteiger partial charge in [0.15, 0.2) is 0 Å². The highest BCUT2D eigenvalue weighted by Gasteiger charge is 2.11. The molecule has 3 nitrogen and oxygen atoms in total. The molecule has 0 aliphatic rings. The summed E-state index contributed by atoms with van der Waals surface area (Å²) in [7, 11) is 0. The van der Waals surface area contributed by atoms with Crippen LogP contribution in [0.2, 0.25) is 0 Å². The number of halogens is 1. The Morgan fingerprint density at radius 1 is 1.19 bits per heavy atom. The summed E-state index contributed by atoms with van der Waals surface area (Å²) in [5.41, 5.74) is 8.34. The van der Waals surface area contributed by atoms with Crippen molar-refractivity contribution < 1.29 is 4.79 Å². The van der Waals surface area contributed by atoms with E-state index in [1.165, 1.54) is 11.3 Å². The zero-order chi connectivity index (χ0) is 15.0. The zero-order valence-electron chi connectivity index (χ0n) is 11.3. The van der Waals surface area contributed by atoms with Crippen molar-refractivity contribution in [3.63, 3.8) is 0 Å². The Hall–Kier alpha value is -1.85. The summed E-state index contributed by atoms with van der Waals surface area (Å²) in [6.45, 7) is 1.99. The predicted octanol–water partition coefficient (Wildman–Crippen LogP) is 4.81. The number of carbonyl (C=O) groups is 1. The van der Waals surface area contributed by atoms with Gasteiger partial charge in [-0.25, -0.2) is 0 Å². The SMILES string of the molecule is Cc1cc(NC(=O)c2cc3cc(N)ccc3s2)ccc1Br. The molecule has 0 aliphatic carbocycles. The highest BCUT2D eigenvalue weighted by atomic mass is 79.9. The van der Waals surface area contributed by atoms with Crippen LogP contribution in [-0.2, 0) is 0 Å². The maximum atomic E-state index is 12.3. The van der Waals surface area contributed by atoms with Gasteiger partial charge in [0.2, 0.25) is 0 Å². The van der Waals surface area contributed by atoms with E-state index >= 15 is 0 Å². The molecule has 0 atom stereocenters. The monoisotopic (exact) mass is 360 g/mol. The molecule has 1 amide bonds. The third kappa shape index (κ3) is 2.94. The summed E-state index contributed by atoms with van der Waals surface area (Å²) in [6, 6.07) is 13.3. The predicted molar refractivity (Wildman–Crippen MR) is 93.1 cm³/mol. The molecule has 0 saturated carbocycles. The largest absolute Gasteiger partial charge is 0.399 e. The van der Waals surface area contributed by atoms with Gasteiger partial charge in [-0.2, -0.15) is 0 Å². The molecule has 0 spiro atoms. The second-order valence-electron chi connectivity index (χ2n) is 4.83. The first-order valence-corrected chi connectivity index (χ1v) is 8.00. The second-order valence-corrected chi connectivity index (χ2v) is 6.76. The fourth-order valence-corrected chi connectivity index (χ4v) is 3.27. The van der Waals surface area contributed by atoms with Crippen LogP contribution >= 0.6 is 27.3 Å². The number of nitrogen functional groups attached to an aromatic ring is 1. The Bertz CT molecular complexity index is 841. The topological polar surface area (TPSA) is 55.1 Å². The third-order valence-electron chi connectivity index (χ3n) is 3.18. The molecular weight excluding hydrogens is 348 g/mol. The van der Waals surface area contributed by atoms with Gasteiger partial charge in [0.25, 0.3) is 5.91 Å². The van der Waals surface area contributed by atoms with Crippen molar-refractivity contribution in [2.24, 2.45) is 0 Å². The molecule has 0 unspecified atom stereocenters. The van der Waals surface area contributed by atoms with Crippen LogP contribution in [0.4, 0.5) is 11.4 Å². The van der Waals surface area contributed by atoms with Gasteiger partial charge in [0, 0.05) is 20.5 Å². The van der Waals surface area contributed by atoms with Crippen LogP contribution in [0.5, 0.6) is 0 Å². The van der Waals surface area contributed by atoms with Gasteiger partial charge in [-0.15, -0.1) is 11.3 Å². The van der Waals surface area contributed by atoms with Gasteiger partial charge in [0.1, 0.15) is 0 Å². The highest BCUT2D eigenvalue weighted by molar-refractivity contribution is 9.10. The van der Waals surface area contributed by atoms with Crippen molar-refractivity contribution in [2.45, 2.75) is 6.92 Å². The maximum absolute atomic E-state index is 12.3. The van der Waals surface area contributed by atoms with Crippen molar-refractivity contribution >= 4 is 54.6 Å². The van der Waals surface area contributed by atoms with Crippen molar-refractivity contribution in [3.8, 4) is 0 Å². The van der Waals surface area contributed by atoms with Gasteiger partial charge >= 0.3 is 0 Å². The van der Waals surface area contributed by atoms with Gasteiger partial charge in [-0.3, -0.25) is 4.79 Å². The number of nitrogens with one attached hydrogen (secondary N) is 1. The van der Waals surface area contributed by atoms with Gasteiger partial charge in [-0.05, 0) is 60.3 Å². The molecule has 0 aliphatic heterocycles. The molecule has 3 rings (SSSR count). The first-order chi connectivity index (χ1) is 10.0. The van der Waals surface area contributed by atoms with Crippen molar-refractivity contribution in [1.82, 2.24) is 0 Å². The Morgan fingerprint density at radius 3 is 2.76 bits per heavy atom. The van der Waals surface area contributed by atoms with E-state index in [-0.39, 0.29) is 5.91 Å². The first kappa shape index (κ1) is 14.1. The van der Waals surface area contributed by atoms with E-state index in [2.05, 4.69) is 21.2 Å². The molecule has 3 aromatic rings. The first-order valence-electron chi connectivity index (χ1n) is 6.39. The summed E-state index contributed by atoms with van der Waals surface area (Å²) >= 11 is 4.91. The number of aryl methyl sites for hydroxylation is 1. The highest BCUT2D eigenvalue weighted by Crippen LogP contribution is 2.28. The van der Waals surface area contributed by atoms with Crippen LogP contribution in [0.25, 0.3) is 10.1 Å². The standard InChI is InChI=1S/C16H13BrN2OS/c1-9-6-12(3-4-13(9)17)19-16(20)15-8-10-7-11(18)2-5-14(10)21-15/h2-8H,18H2,1H3,(H,19,20). The summed E-state index contributed by atoms with van der Waals surface area (Å²) in [5.74, 6) is -0.100. The number of thiophene rings is 1.